The molecule has 5 nitrogen and oxygen atoms in total. The molecule has 0 radical (unpaired) electrons. The summed E-state index contributed by atoms with van der Waals surface area (Å²) in [5, 5.41) is 0. The van der Waals surface area contributed by atoms with Crippen LogP contribution in [0, 0.1) is 0 Å². The second kappa shape index (κ2) is 5.85. The molecule has 4 rings (SSSR count). The number of rotatable bonds is 2. The zero-order valence-electron chi connectivity index (χ0n) is 12.6. The van der Waals surface area contributed by atoms with E-state index in [1.807, 2.05) is 41.3 Å². The van der Waals surface area contributed by atoms with Crippen LogP contribution in [0.4, 0.5) is 0 Å². The summed E-state index contributed by atoms with van der Waals surface area (Å²) in [5.41, 5.74) is 2.93. The first-order valence-electron chi connectivity index (χ1n) is 7.64. The van der Waals surface area contributed by atoms with Crippen molar-refractivity contribution in [3.63, 3.8) is 0 Å². The van der Waals surface area contributed by atoms with Crippen molar-refractivity contribution >= 4 is 17.0 Å². The molecule has 5 heteroatoms. The molecule has 0 bridgehead atoms. The van der Waals surface area contributed by atoms with E-state index in [0.29, 0.717) is 48.9 Å². The molecule has 1 fully saturated rings. The highest BCUT2D eigenvalue weighted by Gasteiger charge is 2.19. The predicted octanol–water partition coefficient (Wildman–Crippen LogP) is 2.97. The number of morpholine rings is 1. The highest BCUT2D eigenvalue weighted by atomic mass is 16.5. The fourth-order valence-corrected chi connectivity index (χ4v) is 2.71. The summed E-state index contributed by atoms with van der Waals surface area (Å²) in [6.45, 7) is 2.45. The SMILES string of the molecule is O=C(c1ccc2oc(-c3ccccc3)nc2c1)N1CCOCC1. The van der Waals surface area contributed by atoms with Gasteiger partial charge in [-0.15, -0.1) is 0 Å². The molecule has 0 spiro atoms. The van der Waals surface area contributed by atoms with E-state index in [9.17, 15) is 4.79 Å². The third kappa shape index (κ3) is 2.71. The van der Waals surface area contributed by atoms with Crippen LogP contribution in [-0.2, 0) is 4.74 Å². The van der Waals surface area contributed by atoms with Gasteiger partial charge in [-0.3, -0.25) is 4.79 Å². The van der Waals surface area contributed by atoms with E-state index < -0.39 is 0 Å². The van der Waals surface area contributed by atoms with Gasteiger partial charge in [0.2, 0.25) is 5.89 Å². The maximum absolute atomic E-state index is 12.5. The van der Waals surface area contributed by atoms with Gasteiger partial charge >= 0.3 is 0 Å². The van der Waals surface area contributed by atoms with Crippen molar-refractivity contribution in [2.45, 2.75) is 0 Å². The molecule has 0 N–H and O–H groups in total. The van der Waals surface area contributed by atoms with Gasteiger partial charge in [0.05, 0.1) is 13.2 Å². The summed E-state index contributed by atoms with van der Waals surface area (Å²) < 4.78 is 11.1. The average molecular weight is 308 g/mol. The van der Waals surface area contributed by atoms with E-state index in [1.54, 1.807) is 12.1 Å². The summed E-state index contributed by atoms with van der Waals surface area (Å²) >= 11 is 0. The Balaban J connectivity index is 1.66. The highest BCUT2D eigenvalue weighted by Crippen LogP contribution is 2.25. The van der Waals surface area contributed by atoms with E-state index in [0.717, 1.165) is 5.56 Å². The second-order valence-corrected chi connectivity index (χ2v) is 5.47. The molecule has 0 atom stereocenters. The topological polar surface area (TPSA) is 55.6 Å². The summed E-state index contributed by atoms with van der Waals surface area (Å²) in [7, 11) is 0. The number of benzene rings is 2. The van der Waals surface area contributed by atoms with Gasteiger partial charge in [-0.25, -0.2) is 4.98 Å². The minimum atomic E-state index is 0.0134. The second-order valence-electron chi connectivity index (χ2n) is 5.47. The van der Waals surface area contributed by atoms with Crippen LogP contribution >= 0.6 is 0 Å². The van der Waals surface area contributed by atoms with E-state index in [-0.39, 0.29) is 5.91 Å². The molecule has 3 aromatic rings. The number of carbonyl (C=O) groups is 1. The monoisotopic (exact) mass is 308 g/mol. The molecular formula is C18H16N2O3. The van der Waals surface area contributed by atoms with Crippen molar-refractivity contribution in [1.82, 2.24) is 9.88 Å². The molecule has 116 valence electrons. The standard InChI is InChI=1S/C18H16N2O3/c21-18(20-8-10-22-11-9-20)14-6-7-16-15(12-14)19-17(23-16)13-4-2-1-3-5-13/h1-7,12H,8-11H2. The number of ether oxygens (including phenoxy) is 1. The Labute approximate surface area is 133 Å². The maximum Gasteiger partial charge on any atom is 0.254 e. The van der Waals surface area contributed by atoms with Crippen molar-refractivity contribution < 1.29 is 13.9 Å². The van der Waals surface area contributed by atoms with Crippen LogP contribution in [-0.4, -0.2) is 42.1 Å². The number of aromatic nitrogens is 1. The Morgan fingerprint density at radius 2 is 1.83 bits per heavy atom. The van der Waals surface area contributed by atoms with Crippen LogP contribution in [0.3, 0.4) is 0 Å². The molecule has 1 saturated heterocycles. The van der Waals surface area contributed by atoms with Gasteiger partial charge in [-0.1, -0.05) is 18.2 Å². The third-order valence-electron chi connectivity index (χ3n) is 3.95. The third-order valence-corrected chi connectivity index (χ3v) is 3.95. The summed E-state index contributed by atoms with van der Waals surface area (Å²) in [5.74, 6) is 0.580. The molecule has 2 heterocycles. The average Bonchev–Trinajstić information content (AvgIpc) is 3.06. The Morgan fingerprint density at radius 1 is 1.04 bits per heavy atom. The molecule has 2 aromatic carbocycles. The van der Waals surface area contributed by atoms with Crippen LogP contribution in [0.15, 0.2) is 52.9 Å². The first-order valence-corrected chi connectivity index (χ1v) is 7.64. The fraction of sp³-hybridized carbons (Fsp3) is 0.222. The van der Waals surface area contributed by atoms with Crippen molar-refractivity contribution in [1.29, 1.82) is 0 Å². The minimum Gasteiger partial charge on any atom is -0.436 e. The largest absolute Gasteiger partial charge is 0.436 e. The number of fused-ring (bicyclic) bond motifs is 1. The lowest BCUT2D eigenvalue weighted by Gasteiger charge is -2.26. The fourth-order valence-electron chi connectivity index (χ4n) is 2.71. The quantitative estimate of drug-likeness (QED) is 0.730. The molecule has 1 aliphatic heterocycles. The van der Waals surface area contributed by atoms with Crippen molar-refractivity contribution in [2.75, 3.05) is 26.3 Å². The number of hydrogen-bond donors (Lipinski definition) is 0. The normalized spacial score (nSPS) is 15.0. The predicted molar refractivity (Wildman–Crippen MR) is 86.2 cm³/mol. The summed E-state index contributed by atoms with van der Waals surface area (Å²) in [4.78, 5) is 18.8. The first-order chi connectivity index (χ1) is 11.3. The molecule has 1 aliphatic rings. The van der Waals surface area contributed by atoms with Gasteiger partial charge in [0, 0.05) is 24.2 Å². The molecule has 0 aliphatic carbocycles. The Hall–Kier alpha value is -2.66. The van der Waals surface area contributed by atoms with Gasteiger partial charge in [0.25, 0.3) is 5.91 Å². The van der Waals surface area contributed by atoms with Crippen molar-refractivity contribution in [3.8, 4) is 11.5 Å². The molecule has 0 unspecified atom stereocenters. The molecule has 1 amide bonds. The lowest BCUT2D eigenvalue weighted by molar-refractivity contribution is 0.0303. The van der Waals surface area contributed by atoms with Gasteiger partial charge < -0.3 is 14.1 Å². The lowest BCUT2D eigenvalue weighted by atomic mass is 10.1. The Morgan fingerprint density at radius 3 is 2.61 bits per heavy atom. The molecule has 23 heavy (non-hydrogen) atoms. The lowest BCUT2D eigenvalue weighted by Crippen LogP contribution is -2.40. The van der Waals surface area contributed by atoms with Gasteiger partial charge in [-0.05, 0) is 30.3 Å². The first kappa shape index (κ1) is 14.0. The van der Waals surface area contributed by atoms with Gasteiger partial charge in [0.1, 0.15) is 5.52 Å². The zero-order chi connectivity index (χ0) is 15.6. The highest BCUT2D eigenvalue weighted by molar-refractivity contribution is 5.97. The molecule has 1 aromatic heterocycles. The maximum atomic E-state index is 12.5. The molecule has 0 saturated carbocycles. The van der Waals surface area contributed by atoms with Crippen molar-refractivity contribution in [2.24, 2.45) is 0 Å². The number of amides is 1. The van der Waals surface area contributed by atoms with E-state index >= 15 is 0 Å². The summed E-state index contributed by atoms with van der Waals surface area (Å²) in [6.07, 6.45) is 0. The van der Waals surface area contributed by atoms with Crippen LogP contribution in [0.1, 0.15) is 10.4 Å². The van der Waals surface area contributed by atoms with Crippen molar-refractivity contribution in [3.05, 3.63) is 54.1 Å². The molecular weight excluding hydrogens is 292 g/mol. The number of nitrogens with zero attached hydrogens (tertiary/aromatic N) is 2. The van der Waals surface area contributed by atoms with Gasteiger partial charge in [-0.2, -0.15) is 0 Å². The van der Waals surface area contributed by atoms with E-state index in [1.165, 1.54) is 0 Å². The van der Waals surface area contributed by atoms with E-state index in [2.05, 4.69) is 4.98 Å². The Kier molecular flexibility index (Phi) is 3.55. The smallest absolute Gasteiger partial charge is 0.254 e. The Bertz CT molecular complexity index is 836. The minimum absolute atomic E-state index is 0.0134. The zero-order valence-corrected chi connectivity index (χ0v) is 12.6. The van der Waals surface area contributed by atoms with Crippen LogP contribution < -0.4 is 0 Å². The number of carbonyl (C=O) groups excluding carboxylic acids is 1. The summed E-state index contributed by atoms with van der Waals surface area (Å²) in [6, 6.07) is 15.1. The van der Waals surface area contributed by atoms with E-state index in [4.69, 9.17) is 9.15 Å². The van der Waals surface area contributed by atoms with Gasteiger partial charge in [0.15, 0.2) is 5.58 Å². The van der Waals surface area contributed by atoms with Crippen LogP contribution in [0.25, 0.3) is 22.6 Å². The number of oxazole rings is 1. The van der Waals surface area contributed by atoms with Crippen LogP contribution in [0.2, 0.25) is 0 Å². The van der Waals surface area contributed by atoms with Crippen LogP contribution in [0.5, 0.6) is 0 Å². The number of hydrogen-bond acceptors (Lipinski definition) is 4.